The molecule has 1 amide bonds. The van der Waals surface area contributed by atoms with Crippen molar-refractivity contribution >= 4 is 17.4 Å². The number of nitrogens with one attached hydrogen (secondary N) is 1. The van der Waals surface area contributed by atoms with Crippen LogP contribution in [-0.4, -0.2) is 16.9 Å². The summed E-state index contributed by atoms with van der Waals surface area (Å²) in [7, 11) is 0. The third-order valence-corrected chi connectivity index (χ3v) is 1.64. The lowest BCUT2D eigenvalue weighted by atomic mass is 10.3. The molecule has 0 saturated heterocycles. The molecule has 0 saturated carbocycles. The summed E-state index contributed by atoms with van der Waals surface area (Å²) in [4.78, 5) is 14.6. The first-order chi connectivity index (χ1) is 6.11. The lowest BCUT2D eigenvalue weighted by molar-refractivity contribution is -0.118. The predicted octanol–water partition coefficient (Wildman–Crippen LogP) is -0.0505. The number of rotatable bonds is 3. The number of hydrogen-bond acceptors (Lipinski definition) is 4. The zero-order chi connectivity index (χ0) is 9.84. The van der Waals surface area contributed by atoms with Crippen molar-refractivity contribution in [2.75, 3.05) is 11.1 Å². The van der Waals surface area contributed by atoms with Gasteiger partial charge >= 0.3 is 0 Å². The van der Waals surface area contributed by atoms with E-state index in [2.05, 4.69) is 10.3 Å². The number of hydrogen-bond donors (Lipinski definition) is 3. The van der Waals surface area contributed by atoms with E-state index in [-0.39, 0.29) is 0 Å². The molecule has 0 aliphatic heterocycles. The van der Waals surface area contributed by atoms with E-state index in [1.165, 1.54) is 0 Å². The quantitative estimate of drug-likeness (QED) is 0.607. The third-order valence-electron chi connectivity index (χ3n) is 1.64. The van der Waals surface area contributed by atoms with E-state index in [1.54, 1.807) is 25.3 Å². The maximum Gasteiger partial charge on any atom is 0.239 e. The normalized spacial score (nSPS) is 12.1. The van der Waals surface area contributed by atoms with Gasteiger partial charge in [0.15, 0.2) is 0 Å². The van der Waals surface area contributed by atoms with Crippen LogP contribution < -0.4 is 16.8 Å². The molecule has 1 rings (SSSR count). The molecule has 5 N–H and O–H groups in total. The minimum absolute atomic E-state index is 0.357. The average molecular weight is 180 g/mol. The van der Waals surface area contributed by atoms with Crippen LogP contribution in [0.3, 0.4) is 0 Å². The molecule has 0 fully saturated rings. The highest BCUT2D eigenvalue weighted by Gasteiger charge is 2.09. The van der Waals surface area contributed by atoms with Crippen molar-refractivity contribution in [2.24, 2.45) is 5.73 Å². The molecular formula is C8H12N4O. The molecule has 1 heterocycles. The minimum atomic E-state index is -0.452. The van der Waals surface area contributed by atoms with Crippen LogP contribution in [0.4, 0.5) is 11.5 Å². The van der Waals surface area contributed by atoms with Crippen molar-refractivity contribution in [3.63, 3.8) is 0 Å². The summed E-state index contributed by atoms with van der Waals surface area (Å²) in [5.74, 6) is -0.0705. The van der Waals surface area contributed by atoms with Crippen LogP contribution in [-0.2, 0) is 4.79 Å². The second-order valence-corrected chi connectivity index (χ2v) is 2.70. The molecule has 5 nitrogen and oxygen atoms in total. The number of carbonyl (C=O) groups excluding carboxylic acids is 1. The zero-order valence-electron chi connectivity index (χ0n) is 7.32. The van der Waals surface area contributed by atoms with Crippen LogP contribution in [0.15, 0.2) is 18.3 Å². The second kappa shape index (κ2) is 3.75. The standard InChI is InChI=1S/C8H12N4O/c1-5(8(10)13)12-6-3-2-4-11-7(6)9/h2-5,12H,1H3,(H2,9,11)(H2,10,13). The highest BCUT2D eigenvalue weighted by atomic mass is 16.1. The van der Waals surface area contributed by atoms with Gasteiger partial charge in [0.25, 0.3) is 0 Å². The number of aromatic nitrogens is 1. The Balaban J connectivity index is 2.74. The van der Waals surface area contributed by atoms with E-state index in [0.717, 1.165) is 0 Å². The topological polar surface area (TPSA) is 94.0 Å². The number of carbonyl (C=O) groups is 1. The van der Waals surface area contributed by atoms with Gasteiger partial charge in [0.2, 0.25) is 5.91 Å². The van der Waals surface area contributed by atoms with E-state index < -0.39 is 11.9 Å². The summed E-state index contributed by atoms with van der Waals surface area (Å²) in [6.45, 7) is 1.66. The molecule has 0 radical (unpaired) electrons. The van der Waals surface area contributed by atoms with Crippen LogP contribution in [0.2, 0.25) is 0 Å². The molecule has 70 valence electrons. The number of amides is 1. The monoisotopic (exact) mass is 180 g/mol. The highest BCUT2D eigenvalue weighted by molar-refractivity contribution is 5.83. The van der Waals surface area contributed by atoms with E-state index in [4.69, 9.17) is 11.5 Å². The lowest BCUT2D eigenvalue weighted by Gasteiger charge is -2.12. The number of nitrogens with two attached hydrogens (primary N) is 2. The number of anilines is 2. The summed E-state index contributed by atoms with van der Waals surface area (Å²) >= 11 is 0. The van der Waals surface area contributed by atoms with Crippen molar-refractivity contribution in [1.29, 1.82) is 0 Å². The molecule has 0 aromatic carbocycles. The van der Waals surface area contributed by atoms with Gasteiger partial charge in [-0.05, 0) is 19.1 Å². The molecule has 1 aromatic heterocycles. The maximum absolute atomic E-state index is 10.7. The van der Waals surface area contributed by atoms with Crippen LogP contribution in [0, 0.1) is 0 Å². The highest BCUT2D eigenvalue weighted by Crippen LogP contribution is 2.14. The fraction of sp³-hybridized carbons (Fsp3) is 0.250. The maximum atomic E-state index is 10.7. The largest absolute Gasteiger partial charge is 0.382 e. The Morgan fingerprint density at radius 1 is 1.69 bits per heavy atom. The molecule has 0 bridgehead atoms. The van der Waals surface area contributed by atoms with Crippen LogP contribution in [0.1, 0.15) is 6.92 Å². The molecule has 0 aliphatic carbocycles. The first-order valence-corrected chi connectivity index (χ1v) is 3.87. The second-order valence-electron chi connectivity index (χ2n) is 2.70. The lowest BCUT2D eigenvalue weighted by Crippen LogP contribution is -2.32. The molecule has 1 atom stereocenters. The van der Waals surface area contributed by atoms with Crippen molar-refractivity contribution in [2.45, 2.75) is 13.0 Å². The molecular weight excluding hydrogens is 168 g/mol. The Morgan fingerprint density at radius 3 is 2.92 bits per heavy atom. The predicted molar refractivity (Wildman–Crippen MR) is 50.9 cm³/mol. The summed E-state index contributed by atoms with van der Waals surface area (Å²) in [5, 5.41) is 2.85. The van der Waals surface area contributed by atoms with Crippen molar-refractivity contribution in [3.8, 4) is 0 Å². The van der Waals surface area contributed by atoms with Gasteiger partial charge in [-0.1, -0.05) is 0 Å². The Bertz CT molecular complexity index is 313. The summed E-state index contributed by atoms with van der Waals surface area (Å²) in [6.07, 6.45) is 1.58. The van der Waals surface area contributed by atoms with Crippen LogP contribution in [0.25, 0.3) is 0 Å². The fourth-order valence-electron chi connectivity index (χ4n) is 0.844. The smallest absolute Gasteiger partial charge is 0.239 e. The average Bonchev–Trinajstić information content (AvgIpc) is 2.08. The van der Waals surface area contributed by atoms with E-state index in [0.29, 0.717) is 11.5 Å². The van der Waals surface area contributed by atoms with Gasteiger partial charge in [0, 0.05) is 6.20 Å². The van der Waals surface area contributed by atoms with Crippen molar-refractivity contribution in [3.05, 3.63) is 18.3 Å². The SMILES string of the molecule is CC(Nc1cccnc1N)C(N)=O. The molecule has 1 aromatic rings. The molecule has 1 unspecified atom stereocenters. The van der Waals surface area contributed by atoms with E-state index in [9.17, 15) is 4.79 Å². The van der Waals surface area contributed by atoms with Gasteiger partial charge in [-0.15, -0.1) is 0 Å². The third kappa shape index (κ3) is 2.33. The summed E-state index contributed by atoms with van der Waals surface area (Å²) in [6, 6.07) is 3.01. The molecule has 0 aliphatic rings. The van der Waals surface area contributed by atoms with Crippen molar-refractivity contribution < 1.29 is 4.79 Å². The zero-order valence-corrected chi connectivity index (χ0v) is 7.32. The molecule has 13 heavy (non-hydrogen) atoms. The van der Waals surface area contributed by atoms with Gasteiger partial charge in [-0.3, -0.25) is 4.79 Å². The van der Waals surface area contributed by atoms with Gasteiger partial charge < -0.3 is 16.8 Å². The van der Waals surface area contributed by atoms with Crippen LogP contribution in [0.5, 0.6) is 0 Å². The van der Waals surface area contributed by atoms with Crippen molar-refractivity contribution in [1.82, 2.24) is 4.98 Å². The number of nitrogens with zero attached hydrogens (tertiary/aromatic N) is 1. The number of pyridine rings is 1. The number of nitrogen functional groups attached to an aromatic ring is 1. The first-order valence-electron chi connectivity index (χ1n) is 3.87. The van der Waals surface area contributed by atoms with E-state index >= 15 is 0 Å². The van der Waals surface area contributed by atoms with Gasteiger partial charge in [-0.2, -0.15) is 0 Å². The summed E-state index contributed by atoms with van der Waals surface area (Å²) in [5.41, 5.74) is 11.2. The van der Waals surface area contributed by atoms with Crippen LogP contribution >= 0.6 is 0 Å². The Hall–Kier alpha value is -1.78. The van der Waals surface area contributed by atoms with E-state index in [1.807, 2.05) is 0 Å². The first kappa shape index (κ1) is 9.31. The number of primary amides is 1. The van der Waals surface area contributed by atoms with Gasteiger partial charge in [-0.25, -0.2) is 4.98 Å². The fourth-order valence-corrected chi connectivity index (χ4v) is 0.844. The Labute approximate surface area is 76.1 Å². The summed E-state index contributed by atoms with van der Waals surface area (Å²) < 4.78 is 0. The van der Waals surface area contributed by atoms with Gasteiger partial charge in [0.1, 0.15) is 11.9 Å². The Morgan fingerprint density at radius 2 is 2.38 bits per heavy atom. The van der Waals surface area contributed by atoms with Gasteiger partial charge in [0.05, 0.1) is 5.69 Å². The minimum Gasteiger partial charge on any atom is -0.382 e. The molecule has 0 spiro atoms. The Kier molecular flexibility index (Phi) is 2.69. The molecule has 5 heteroatoms.